The molecule has 0 atom stereocenters. The average Bonchev–Trinajstić information content (AvgIpc) is 2.76. The molecule has 29 heavy (non-hydrogen) atoms. The first-order valence-electron chi connectivity index (χ1n) is 11.4. The van der Waals surface area contributed by atoms with Gasteiger partial charge in [0.05, 0.1) is 12.8 Å². The molecule has 2 aromatic rings. The number of unbranched alkanes of at least 4 members (excludes halogenated alkanes) is 3. The molecule has 4 heteroatoms. The molecule has 0 unspecified atom stereocenters. The molecular formula is C25H35FN2O. The second-order valence-corrected chi connectivity index (χ2v) is 8.55. The maximum atomic E-state index is 14.6. The van der Waals surface area contributed by atoms with Crippen LogP contribution in [0, 0.1) is 17.7 Å². The van der Waals surface area contributed by atoms with E-state index in [1.165, 1.54) is 64.2 Å². The summed E-state index contributed by atoms with van der Waals surface area (Å²) in [6, 6.07) is 8.97. The van der Waals surface area contributed by atoms with Gasteiger partial charge in [-0.2, -0.15) is 0 Å². The molecule has 1 aromatic heterocycles. The quantitative estimate of drug-likeness (QED) is 0.404. The molecule has 0 N–H and O–H groups in total. The van der Waals surface area contributed by atoms with Crippen molar-refractivity contribution in [1.29, 1.82) is 0 Å². The lowest BCUT2D eigenvalue weighted by Crippen LogP contribution is -2.15. The molecular weight excluding hydrogens is 363 g/mol. The van der Waals surface area contributed by atoms with E-state index in [4.69, 9.17) is 4.74 Å². The number of ether oxygens (including phenoxy) is 1. The summed E-state index contributed by atoms with van der Waals surface area (Å²) in [5.41, 5.74) is 2.11. The molecule has 0 aliphatic heterocycles. The highest BCUT2D eigenvalue weighted by atomic mass is 19.1. The van der Waals surface area contributed by atoms with Crippen molar-refractivity contribution in [1.82, 2.24) is 10.2 Å². The molecule has 0 bridgehead atoms. The van der Waals surface area contributed by atoms with E-state index in [2.05, 4.69) is 17.1 Å². The number of rotatable bonds is 10. The number of aromatic nitrogens is 2. The predicted octanol–water partition coefficient (Wildman–Crippen LogP) is 7.00. The van der Waals surface area contributed by atoms with Gasteiger partial charge in [0.15, 0.2) is 0 Å². The third-order valence-corrected chi connectivity index (χ3v) is 6.43. The Morgan fingerprint density at radius 1 is 0.931 bits per heavy atom. The van der Waals surface area contributed by atoms with Gasteiger partial charge in [-0.25, -0.2) is 4.39 Å². The minimum atomic E-state index is -0.224. The van der Waals surface area contributed by atoms with Crippen LogP contribution in [0.4, 0.5) is 4.39 Å². The second kappa shape index (κ2) is 11.3. The Bertz CT molecular complexity index is 739. The SMILES string of the molecule is CCCCCCC1CCC(CCc2ccc(-c3ccc(OC)nn3)c(F)c2)CC1. The van der Waals surface area contributed by atoms with E-state index in [0.29, 0.717) is 17.1 Å². The lowest BCUT2D eigenvalue weighted by atomic mass is 9.77. The van der Waals surface area contributed by atoms with Crippen LogP contribution < -0.4 is 4.74 Å². The van der Waals surface area contributed by atoms with Crippen LogP contribution in [0.15, 0.2) is 30.3 Å². The fourth-order valence-corrected chi connectivity index (χ4v) is 4.53. The summed E-state index contributed by atoms with van der Waals surface area (Å²) in [7, 11) is 1.54. The van der Waals surface area contributed by atoms with E-state index in [9.17, 15) is 4.39 Å². The van der Waals surface area contributed by atoms with Crippen LogP contribution in [0.3, 0.4) is 0 Å². The van der Waals surface area contributed by atoms with Crippen molar-refractivity contribution in [3.05, 3.63) is 41.7 Å². The first-order chi connectivity index (χ1) is 14.2. The van der Waals surface area contributed by atoms with Crippen molar-refractivity contribution >= 4 is 0 Å². The molecule has 1 aliphatic rings. The highest BCUT2D eigenvalue weighted by Crippen LogP contribution is 2.34. The molecule has 3 nitrogen and oxygen atoms in total. The van der Waals surface area contributed by atoms with Gasteiger partial charge in [0.25, 0.3) is 0 Å². The van der Waals surface area contributed by atoms with Gasteiger partial charge in [-0.15, -0.1) is 10.2 Å². The minimum absolute atomic E-state index is 0.224. The Morgan fingerprint density at radius 2 is 1.69 bits per heavy atom. The molecule has 1 saturated carbocycles. The molecule has 0 saturated heterocycles. The molecule has 1 aliphatic carbocycles. The maximum Gasteiger partial charge on any atom is 0.233 e. The summed E-state index contributed by atoms with van der Waals surface area (Å²) in [4.78, 5) is 0. The average molecular weight is 399 g/mol. The van der Waals surface area contributed by atoms with Gasteiger partial charge in [0.1, 0.15) is 5.82 Å². The molecule has 1 fully saturated rings. The van der Waals surface area contributed by atoms with Crippen LogP contribution >= 0.6 is 0 Å². The third-order valence-electron chi connectivity index (χ3n) is 6.43. The van der Waals surface area contributed by atoms with E-state index >= 15 is 0 Å². The summed E-state index contributed by atoms with van der Waals surface area (Å²) >= 11 is 0. The molecule has 3 rings (SSSR count). The Hall–Kier alpha value is -1.97. The van der Waals surface area contributed by atoms with Crippen LogP contribution in [-0.2, 0) is 6.42 Å². The van der Waals surface area contributed by atoms with Gasteiger partial charge in [-0.1, -0.05) is 70.8 Å². The number of aryl methyl sites for hydroxylation is 1. The van der Waals surface area contributed by atoms with E-state index < -0.39 is 0 Å². The molecule has 1 aromatic carbocycles. The zero-order valence-electron chi connectivity index (χ0n) is 18.0. The number of halogens is 1. The summed E-state index contributed by atoms with van der Waals surface area (Å²) in [6.45, 7) is 2.28. The predicted molar refractivity (Wildman–Crippen MR) is 117 cm³/mol. The van der Waals surface area contributed by atoms with Crippen molar-refractivity contribution in [3.8, 4) is 17.1 Å². The zero-order valence-corrected chi connectivity index (χ0v) is 18.0. The van der Waals surface area contributed by atoms with Gasteiger partial charge < -0.3 is 4.74 Å². The third kappa shape index (κ3) is 6.52. The van der Waals surface area contributed by atoms with Crippen LogP contribution in [-0.4, -0.2) is 17.3 Å². The van der Waals surface area contributed by atoms with Crippen LogP contribution in [0.1, 0.15) is 76.7 Å². The monoisotopic (exact) mass is 398 g/mol. The number of nitrogens with zero attached hydrogens (tertiary/aromatic N) is 2. The second-order valence-electron chi connectivity index (χ2n) is 8.55. The fourth-order valence-electron chi connectivity index (χ4n) is 4.53. The first kappa shape index (κ1) is 21.7. The van der Waals surface area contributed by atoms with Crippen molar-refractivity contribution < 1.29 is 9.13 Å². The summed E-state index contributed by atoms with van der Waals surface area (Å²) in [5, 5.41) is 7.98. The van der Waals surface area contributed by atoms with Gasteiger partial charge >= 0.3 is 0 Å². The standard InChI is InChI=1S/C25H35FN2O/c1-3-4-5-6-7-19-8-10-20(11-9-19)12-13-21-14-15-22(23(26)18-21)24-16-17-25(29-2)28-27-24/h14-20H,3-13H2,1-2H3. The number of hydrogen-bond acceptors (Lipinski definition) is 3. The van der Waals surface area contributed by atoms with E-state index in [0.717, 1.165) is 23.8 Å². The molecule has 1 heterocycles. The molecule has 0 amide bonds. The fraction of sp³-hybridized carbons (Fsp3) is 0.600. The Balaban J connectivity index is 1.45. The van der Waals surface area contributed by atoms with Gasteiger partial charge in [-0.05, 0) is 48.4 Å². The van der Waals surface area contributed by atoms with Crippen molar-refractivity contribution in [2.45, 2.75) is 77.6 Å². The van der Waals surface area contributed by atoms with E-state index in [1.807, 2.05) is 12.1 Å². The first-order valence-corrected chi connectivity index (χ1v) is 11.4. The van der Waals surface area contributed by atoms with Crippen molar-refractivity contribution in [2.75, 3.05) is 7.11 Å². The lowest BCUT2D eigenvalue weighted by Gasteiger charge is -2.28. The highest BCUT2D eigenvalue weighted by Gasteiger charge is 2.20. The Morgan fingerprint density at radius 3 is 2.31 bits per heavy atom. The molecule has 0 spiro atoms. The summed E-state index contributed by atoms with van der Waals surface area (Å²) in [6.07, 6.45) is 14.5. The molecule has 0 radical (unpaired) electrons. The van der Waals surface area contributed by atoms with Gasteiger partial charge in [0.2, 0.25) is 5.88 Å². The maximum absolute atomic E-state index is 14.6. The summed E-state index contributed by atoms with van der Waals surface area (Å²) < 4.78 is 19.6. The van der Waals surface area contributed by atoms with Crippen LogP contribution in [0.2, 0.25) is 0 Å². The van der Waals surface area contributed by atoms with Gasteiger partial charge in [-0.3, -0.25) is 0 Å². The number of benzene rings is 1. The Labute approximate surface area is 175 Å². The van der Waals surface area contributed by atoms with Crippen LogP contribution in [0.5, 0.6) is 5.88 Å². The normalized spacial score (nSPS) is 19.3. The summed E-state index contributed by atoms with van der Waals surface area (Å²) in [5.74, 6) is 1.96. The Kier molecular flexibility index (Phi) is 8.45. The van der Waals surface area contributed by atoms with Crippen molar-refractivity contribution in [3.63, 3.8) is 0 Å². The van der Waals surface area contributed by atoms with Crippen LogP contribution in [0.25, 0.3) is 11.3 Å². The largest absolute Gasteiger partial charge is 0.480 e. The van der Waals surface area contributed by atoms with Gasteiger partial charge in [0, 0.05) is 11.6 Å². The molecule has 158 valence electrons. The van der Waals surface area contributed by atoms with E-state index in [-0.39, 0.29) is 5.82 Å². The zero-order chi connectivity index (χ0) is 20.5. The smallest absolute Gasteiger partial charge is 0.233 e. The lowest BCUT2D eigenvalue weighted by molar-refractivity contribution is 0.249. The number of methoxy groups -OCH3 is 1. The van der Waals surface area contributed by atoms with Crippen molar-refractivity contribution in [2.24, 2.45) is 11.8 Å². The highest BCUT2D eigenvalue weighted by molar-refractivity contribution is 5.60. The topological polar surface area (TPSA) is 35.0 Å². The number of hydrogen-bond donors (Lipinski definition) is 0. The minimum Gasteiger partial charge on any atom is -0.480 e. The van der Waals surface area contributed by atoms with E-state index in [1.54, 1.807) is 25.3 Å².